The fourth-order valence-corrected chi connectivity index (χ4v) is 13.1. The van der Waals surface area contributed by atoms with Crippen molar-refractivity contribution in [2.45, 2.75) is 401 Å². The van der Waals surface area contributed by atoms with Crippen LogP contribution in [0.1, 0.15) is 383 Å². The molecule has 17 nitrogen and oxygen atoms in total. The standard InChI is InChI=1S/C76H148O17P2/c1-66(2)52-44-36-28-22-18-15-13-11-9-10-12-14-16-20-25-33-42-50-58-75(80)92-71(62-86-73(78)56-48-40-31-24-21-17-19-23-29-37-45-53-67(3)4)64-90-94(82,83)88-60-70(77)61-89-95(84,85)91-65-72(93-76(81)59-51-43-35-34-39-47-55-69(7)8)63-87-74(79)57-49-41-32-27-26-30-38-46-54-68(5)6/h66-72,77H,9-65H2,1-8H3,(H,82,83)(H,84,85)/t70?,71-,72-/m1/s1. The molecule has 0 saturated carbocycles. The van der Waals surface area contributed by atoms with Gasteiger partial charge in [0.15, 0.2) is 12.2 Å². The highest BCUT2D eigenvalue weighted by molar-refractivity contribution is 7.47. The minimum absolute atomic E-state index is 0.101. The van der Waals surface area contributed by atoms with Crippen LogP contribution in [0.2, 0.25) is 0 Å². The lowest BCUT2D eigenvalue weighted by Crippen LogP contribution is -2.30. The van der Waals surface area contributed by atoms with Crippen LogP contribution in [0.15, 0.2) is 0 Å². The second-order valence-corrected chi connectivity index (χ2v) is 32.2. The summed E-state index contributed by atoms with van der Waals surface area (Å²) in [6.07, 6.45) is 50.3. The quantitative estimate of drug-likeness (QED) is 0.0222. The summed E-state index contributed by atoms with van der Waals surface area (Å²) in [5.41, 5.74) is 0. The summed E-state index contributed by atoms with van der Waals surface area (Å²) in [6, 6.07) is 0. The third-order valence-corrected chi connectivity index (χ3v) is 19.5. The van der Waals surface area contributed by atoms with Crippen molar-refractivity contribution in [2.24, 2.45) is 23.7 Å². The van der Waals surface area contributed by atoms with Gasteiger partial charge < -0.3 is 33.8 Å². The number of unbranched alkanes of at least 4 members (excludes halogenated alkanes) is 39. The Hall–Kier alpha value is -1.94. The molecule has 0 radical (unpaired) electrons. The zero-order valence-electron chi connectivity index (χ0n) is 62.3. The summed E-state index contributed by atoms with van der Waals surface area (Å²) >= 11 is 0. The summed E-state index contributed by atoms with van der Waals surface area (Å²) in [7, 11) is -9.91. The molecule has 564 valence electrons. The molecular weight excluding hydrogens is 1250 g/mol. The Morgan fingerprint density at radius 2 is 0.442 bits per heavy atom. The predicted molar refractivity (Wildman–Crippen MR) is 386 cm³/mol. The van der Waals surface area contributed by atoms with E-state index >= 15 is 0 Å². The van der Waals surface area contributed by atoms with Gasteiger partial charge in [-0.05, 0) is 49.4 Å². The average molecular weight is 1400 g/mol. The molecule has 0 aliphatic rings. The molecule has 5 atom stereocenters. The second kappa shape index (κ2) is 65.4. The van der Waals surface area contributed by atoms with Crippen molar-refractivity contribution in [3.05, 3.63) is 0 Å². The normalized spacial score (nSPS) is 14.1. The molecule has 0 rings (SSSR count). The van der Waals surface area contributed by atoms with Crippen molar-refractivity contribution in [3.8, 4) is 0 Å². The van der Waals surface area contributed by atoms with Gasteiger partial charge in [-0.15, -0.1) is 0 Å². The van der Waals surface area contributed by atoms with E-state index < -0.39 is 97.5 Å². The lowest BCUT2D eigenvalue weighted by Gasteiger charge is -2.21. The Bertz CT molecular complexity index is 1870. The molecule has 0 saturated heterocycles. The molecule has 0 aliphatic carbocycles. The first-order chi connectivity index (χ1) is 45.6. The van der Waals surface area contributed by atoms with Crippen LogP contribution in [0, 0.1) is 23.7 Å². The van der Waals surface area contributed by atoms with Crippen molar-refractivity contribution in [1.29, 1.82) is 0 Å². The van der Waals surface area contributed by atoms with Gasteiger partial charge in [-0.1, -0.05) is 331 Å². The van der Waals surface area contributed by atoms with Gasteiger partial charge in [0, 0.05) is 25.7 Å². The summed E-state index contributed by atoms with van der Waals surface area (Å²) in [6.45, 7) is 14.1. The molecule has 0 aromatic carbocycles. The van der Waals surface area contributed by atoms with Crippen LogP contribution in [0.3, 0.4) is 0 Å². The van der Waals surface area contributed by atoms with E-state index in [4.69, 9.17) is 37.0 Å². The number of carbonyl (C=O) groups excluding carboxylic acids is 4. The zero-order valence-corrected chi connectivity index (χ0v) is 64.1. The van der Waals surface area contributed by atoms with Gasteiger partial charge in [0.05, 0.1) is 26.4 Å². The summed E-state index contributed by atoms with van der Waals surface area (Å²) in [5.74, 6) is 0.861. The Morgan fingerprint density at radius 3 is 0.653 bits per heavy atom. The summed E-state index contributed by atoms with van der Waals surface area (Å²) < 4.78 is 68.4. The number of esters is 4. The van der Waals surface area contributed by atoms with Crippen LogP contribution in [0.4, 0.5) is 0 Å². The van der Waals surface area contributed by atoms with Crippen LogP contribution in [-0.4, -0.2) is 96.7 Å². The maximum Gasteiger partial charge on any atom is 0.472 e. The summed E-state index contributed by atoms with van der Waals surface area (Å²) in [5, 5.41) is 10.6. The molecule has 3 unspecified atom stereocenters. The van der Waals surface area contributed by atoms with Gasteiger partial charge in [0.25, 0.3) is 0 Å². The molecule has 0 fully saturated rings. The maximum absolute atomic E-state index is 13.1. The van der Waals surface area contributed by atoms with Gasteiger partial charge in [0.1, 0.15) is 19.3 Å². The number of hydrogen-bond acceptors (Lipinski definition) is 15. The predicted octanol–water partition coefficient (Wildman–Crippen LogP) is 22.0. The molecule has 0 amide bonds. The Morgan fingerprint density at radius 1 is 0.263 bits per heavy atom. The van der Waals surface area contributed by atoms with E-state index in [1.165, 1.54) is 186 Å². The van der Waals surface area contributed by atoms with Gasteiger partial charge in [-0.3, -0.25) is 37.3 Å². The molecule has 95 heavy (non-hydrogen) atoms. The van der Waals surface area contributed by atoms with Gasteiger partial charge >= 0.3 is 39.5 Å². The van der Waals surface area contributed by atoms with Crippen molar-refractivity contribution in [3.63, 3.8) is 0 Å². The van der Waals surface area contributed by atoms with Crippen LogP contribution in [0.25, 0.3) is 0 Å². The van der Waals surface area contributed by atoms with Gasteiger partial charge in [0.2, 0.25) is 0 Å². The highest BCUT2D eigenvalue weighted by Gasteiger charge is 2.30. The number of ether oxygens (including phenoxy) is 4. The van der Waals surface area contributed by atoms with Crippen molar-refractivity contribution in [1.82, 2.24) is 0 Å². The lowest BCUT2D eigenvalue weighted by molar-refractivity contribution is -0.161. The van der Waals surface area contributed by atoms with Gasteiger partial charge in [-0.25, -0.2) is 9.13 Å². The molecule has 0 aromatic heterocycles. The first-order valence-electron chi connectivity index (χ1n) is 39.2. The summed E-state index contributed by atoms with van der Waals surface area (Å²) in [4.78, 5) is 72.7. The minimum atomic E-state index is -4.96. The topological polar surface area (TPSA) is 237 Å². The molecule has 0 bridgehead atoms. The molecule has 0 heterocycles. The molecule has 0 aromatic rings. The van der Waals surface area contributed by atoms with Crippen molar-refractivity contribution < 1.29 is 80.2 Å². The lowest BCUT2D eigenvalue weighted by atomic mass is 10.0. The highest BCUT2D eigenvalue weighted by atomic mass is 31.2. The fourth-order valence-electron chi connectivity index (χ4n) is 11.6. The maximum atomic E-state index is 13.1. The number of hydrogen-bond donors (Lipinski definition) is 3. The molecular formula is C76H148O17P2. The largest absolute Gasteiger partial charge is 0.472 e. The first-order valence-corrected chi connectivity index (χ1v) is 42.2. The minimum Gasteiger partial charge on any atom is -0.462 e. The number of carbonyl (C=O) groups is 4. The monoisotopic (exact) mass is 1400 g/mol. The van der Waals surface area contributed by atoms with E-state index in [1.807, 2.05) is 0 Å². The van der Waals surface area contributed by atoms with Crippen LogP contribution < -0.4 is 0 Å². The van der Waals surface area contributed by atoms with Crippen molar-refractivity contribution in [2.75, 3.05) is 39.6 Å². The van der Waals surface area contributed by atoms with E-state index in [-0.39, 0.29) is 25.7 Å². The Labute approximate surface area is 581 Å². The molecule has 0 aliphatic heterocycles. The van der Waals surface area contributed by atoms with Crippen molar-refractivity contribution >= 4 is 39.5 Å². The molecule has 19 heteroatoms. The Kier molecular flexibility index (Phi) is 64.0. The van der Waals surface area contributed by atoms with E-state index in [2.05, 4.69) is 55.4 Å². The number of aliphatic hydroxyl groups is 1. The van der Waals surface area contributed by atoms with Crippen LogP contribution >= 0.6 is 15.6 Å². The number of rotatable bonds is 73. The molecule has 3 N–H and O–H groups in total. The average Bonchev–Trinajstić information content (AvgIpc) is 1.24. The van der Waals surface area contributed by atoms with Crippen LogP contribution in [0.5, 0.6) is 0 Å². The number of phosphoric ester groups is 2. The SMILES string of the molecule is CC(C)CCCCCCCCCCCCCCCCCCCCC(=O)O[C@H](COC(=O)CCCCCCCCCCCCCC(C)C)COP(=O)(O)OCC(O)COP(=O)(O)OC[C@@H](COC(=O)CCCCCCCCCCC(C)C)OC(=O)CCCCCCCCC(C)C. The van der Waals surface area contributed by atoms with E-state index in [0.717, 1.165) is 108 Å². The van der Waals surface area contributed by atoms with E-state index in [0.29, 0.717) is 31.6 Å². The number of phosphoric acid groups is 2. The first kappa shape index (κ1) is 93.1. The van der Waals surface area contributed by atoms with Crippen LogP contribution in [-0.2, 0) is 65.4 Å². The number of aliphatic hydroxyl groups excluding tert-OH is 1. The second-order valence-electron chi connectivity index (χ2n) is 29.3. The van der Waals surface area contributed by atoms with E-state index in [1.54, 1.807) is 0 Å². The zero-order chi connectivity index (χ0) is 70.3. The molecule has 0 spiro atoms. The fraction of sp³-hybridized carbons (Fsp3) is 0.947. The third-order valence-electron chi connectivity index (χ3n) is 17.6. The van der Waals surface area contributed by atoms with E-state index in [9.17, 15) is 43.2 Å². The highest BCUT2D eigenvalue weighted by Crippen LogP contribution is 2.45. The third kappa shape index (κ3) is 70.3. The Balaban J connectivity index is 5.19. The smallest absolute Gasteiger partial charge is 0.462 e. The van der Waals surface area contributed by atoms with Gasteiger partial charge in [-0.2, -0.15) is 0 Å².